The highest BCUT2D eigenvalue weighted by molar-refractivity contribution is 5.76. The molecule has 0 spiro atoms. The molecule has 2 rings (SSSR count). The van der Waals surface area contributed by atoms with E-state index in [4.69, 9.17) is 9.84 Å². The zero-order valence-corrected chi connectivity index (χ0v) is 8.15. The number of hydrogen-bond acceptors (Lipinski definition) is 2. The van der Waals surface area contributed by atoms with Gasteiger partial charge in [-0.05, 0) is 18.6 Å². The molecule has 3 heteroatoms. The van der Waals surface area contributed by atoms with E-state index in [1.165, 1.54) is 0 Å². The first kappa shape index (κ1) is 9.06. The molecule has 2 atom stereocenters. The third-order valence-electron chi connectivity index (χ3n) is 2.61. The molecular weight excluding hydrogens is 180 g/mol. The zero-order chi connectivity index (χ0) is 10.3. The average Bonchev–Trinajstić information content (AvgIpc) is 2.43. The molecular formula is C11H12O3. The Morgan fingerprint density at radius 3 is 2.86 bits per heavy atom. The molecule has 3 nitrogen and oxygen atoms in total. The van der Waals surface area contributed by atoms with Gasteiger partial charge in [-0.15, -0.1) is 0 Å². The Hall–Kier alpha value is -1.51. The first-order valence-electron chi connectivity index (χ1n) is 4.59. The lowest BCUT2D eigenvalue weighted by Crippen LogP contribution is -2.27. The summed E-state index contributed by atoms with van der Waals surface area (Å²) in [4.78, 5) is 10.8. The van der Waals surface area contributed by atoms with Gasteiger partial charge in [0.25, 0.3) is 0 Å². The summed E-state index contributed by atoms with van der Waals surface area (Å²) >= 11 is 0. The third-order valence-corrected chi connectivity index (χ3v) is 2.61. The van der Waals surface area contributed by atoms with E-state index in [1.54, 1.807) is 0 Å². The van der Waals surface area contributed by atoms with Crippen LogP contribution in [0.5, 0.6) is 5.75 Å². The molecule has 2 unspecified atom stereocenters. The summed E-state index contributed by atoms with van der Waals surface area (Å²) in [5, 5.41) is 8.90. The van der Waals surface area contributed by atoms with Crippen LogP contribution in [0.2, 0.25) is 0 Å². The molecule has 0 radical (unpaired) electrons. The fraction of sp³-hybridized carbons (Fsp3) is 0.364. The normalized spacial score (nSPS) is 24.1. The number of carboxylic acids is 1. The van der Waals surface area contributed by atoms with Gasteiger partial charge in [-0.25, -0.2) is 4.79 Å². The van der Waals surface area contributed by atoms with Crippen LogP contribution in [0.4, 0.5) is 0 Å². The number of carbonyl (C=O) groups is 1. The van der Waals surface area contributed by atoms with E-state index in [1.807, 2.05) is 32.0 Å². The van der Waals surface area contributed by atoms with Gasteiger partial charge in [0.15, 0.2) is 0 Å². The van der Waals surface area contributed by atoms with Gasteiger partial charge in [-0.1, -0.05) is 19.1 Å². The lowest BCUT2D eigenvalue weighted by molar-refractivity contribution is -0.144. The molecule has 0 fully saturated rings. The number of fused-ring (bicyclic) bond motifs is 1. The van der Waals surface area contributed by atoms with Gasteiger partial charge in [0.1, 0.15) is 5.75 Å². The summed E-state index contributed by atoms with van der Waals surface area (Å²) in [7, 11) is 0. The molecule has 0 bridgehead atoms. The molecule has 0 aromatic heterocycles. The maximum atomic E-state index is 10.8. The summed E-state index contributed by atoms with van der Waals surface area (Å²) < 4.78 is 5.36. The van der Waals surface area contributed by atoms with E-state index in [9.17, 15) is 4.79 Å². The van der Waals surface area contributed by atoms with Gasteiger partial charge in [0, 0.05) is 11.5 Å². The van der Waals surface area contributed by atoms with Crippen LogP contribution in [0.15, 0.2) is 18.2 Å². The second kappa shape index (κ2) is 3.01. The molecule has 0 aliphatic carbocycles. The molecule has 0 saturated carbocycles. The monoisotopic (exact) mass is 192 g/mol. The van der Waals surface area contributed by atoms with Gasteiger partial charge in [0.05, 0.1) is 0 Å². The van der Waals surface area contributed by atoms with E-state index in [0.717, 1.165) is 11.1 Å². The zero-order valence-electron chi connectivity index (χ0n) is 8.15. The van der Waals surface area contributed by atoms with Crippen molar-refractivity contribution >= 4 is 5.97 Å². The smallest absolute Gasteiger partial charge is 0.345 e. The van der Waals surface area contributed by atoms with Crippen LogP contribution in [0.25, 0.3) is 0 Å². The number of ether oxygens (including phenoxy) is 1. The van der Waals surface area contributed by atoms with Crippen molar-refractivity contribution in [2.45, 2.75) is 25.9 Å². The van der Waals surface area contributed by atoms with Crippen LogP contribution in [0, 0.1) is 6.92 Å². The molecule has 0 saturated heterocycles. The van der Waals surface area contributed by atoms with E-state index in [-0.39, 0.29) is 5.92 Å². The predicted molar refractivity (Wildman–Crippen MR) is 51.6 cm³/mol. The quantitative estimate of drug-likeness (QED) is 0.739. The summed E-state index contributed by atoms with van der Waals surface area (Å²) in [5.74, 6) is -0.251. The maximum absolute atomic E-state index is 10.8. The second-order valence-electron chi connectivity index (χ2n) is 3.71. The number of benzene rings is 1. The molecule has 74 valence electrons. The highest BCUT2D eigenvalue weighted by Gasteiger charge is 2.36. The molecule has 1 aromatic carbocycles. The Bertz CT molecular complexity index is 384. The molecule has 0 amide bonds. The van der Waals surface area contributed by atoms with Crippen LogP contribution >= 0.6 is 0 Å². The summed E-state index contributed by atoms with van der Waals surface area (Å²) in [5.41, 5.74) is 2.07. The van der Waals surface area contributed by atoms with Crippen molar-refractivity contribution < 1.29 is 14.6 Å². The van der Waals surface area contributed by atoms with Crippen molar-refractivity contribution in [1.82, 2.24) is 0 Å². The van der Waals surface area contributed by atoms with E-state index < -0.39 is 12.1 Å². The summed E-state index contributed by atoms with van der Waals surface area (Å²) in [6.07, 6.45) is -0.730. The Balaban J connectivity index is 2.40. The van der Waals surface area contributed by atoms with Gasteiger partial charge in [-0.2, -0.15) is 0 Å². The van der Waals surface area contributed by atoms with E-state index in [2.05, 4.69) is 0 Å². The molecule has 1 aliphatic heterocycles. The maximum Gasteiger partial charge on any atom is 0.345 e. The minimum absolute atomic E-state index is 0.0666. The van der Waals surface area contributed by atoms with Crippen molar-refractivity contribution in [3.63, 3.8) is 0 Å². The first-order chi connectivity index (χ1) is 6.59. The standard InChI is InChI=1S/C11H12O3/c1-6-3-4-8-7(2)10(11(12)13)14-9(8)5-6/h3-5,7,10H,1-2H3,(H,12,13). The molecule has 1 N–H and O–H groups in total. The minimum atomic E-state index is -0.897. The van der Waals surface area contributed by atoms with Crippen molar-refractivity contribution in [2.75, 3.05) is 0 Å². The van der Waals surface area contributed by atoms with Crippen molar-refractivity contribution in [2.24, 2.45) is 0 Å². The SMILES string of the molecule is Cc1ccc2c(c1)OC(C(=O)O)C2C. The van der Waals surface area contributed by atoms with Crippen molar-refractivity contribution in [3.05, 3.63) is 29.3 Å². The lowest BCUT2D eigenvalue weighted by Gasteiger charge is -2.08. The van der Waals surface area contributed by atoms with Crippen LogP contribution < -0.4 is 4.74 Å². The molecule has 1 heterocycles. The number of rotatable bonds is 1. The topological polar surface area (TPSA) is 46.5 Å². The Morgan fingerprint density at radius 1 is 1.50 bits per heavy atom. The lowest BCUT2D eigenvalue weighted by atomic mass is 9.97. The van der Waals surface area contributed by atoms with Crippen molar-refractivity contribution in [3.8, 4) is 5.75 Å². The number of aryl methyl sites for hydroxylation is 1. The van der Waals surface area contributed by atoms with E-state index in [0.29, 0.717) is 5.75 Å². The van der Waals surface area contributed by atoms with Gasteiger partial charge in [-0.3, -0.25) is 0 Å². The number of hydrogen-bond donors (Lipinski definition) is 1. The van der Waals surface area contributed by atoms with Crippen LogP contribution in [-0.2, 0) is 4.79 Å². The highest BCUT2D eigenvalue weighted by atomic mass is 16.5. The highest BCUT2D eigenvalue weighted by Crippen LogP contribution is 2.38. The van der Waals surface area contributed by atoms with Gasteiger partial charge >= 0.3 is 5.97 Å². The second-order valence-corrected chi connectivity index (χ2v) is 3.71. The first-order valence-corrected chi connectivity index (χ1v) is 4.59. The Kier molecular flexibility index (Phi) is 1.95. The predicted octanol–water partition coefficient (Wildman–Crippen LogP) is 1.94. The fourth-order valence-electron chi connectivity index (χ4n) is 1.79. The third kappa shape index (κ3) is 1.25. The minimum Gasteiger partial charge on any atom is -0.478 e. The largest absolute Gasteiger partial charge is 0.478 e. The molecule has 1 aliphatic rings. The number of carboxylic acid groups (broad SMARTS) is 1. The van der Waals surface area contributed by atoms with Crippen LogP contribution in [0.3, 0.4) is 0 Å². The van der Waals surface area contributed by atoms with Crippen LogP contribution in [-0.4, -0.2) is 17.2 Å². The van der Waals surface area contributed by atoms with Crippen LogP contribution in [0.1, 0.15) is 24.0 Å². The number of aliphatic carboxylic acids is 1. The van der Waals surface area contributed by atoms with E-state index >= 15 is 0 Å². The Labute approximate surface area is 82.3 Å². The summed E-state index contributed by atoms with van der Waals surface area (Å²) in [6, 6.07) is 5.80. The van der Waals surface area contributed by atoms with Crippen molar-refractivity contribution in [1.29, 1.82) is 0 Å². The summed E-state index contributed by atoms with van der Waals surface area (Å²) in [6.45, 7) is 3.84. The Morgan fingerprint density at radius 2 is 2.21 bits per heavy atom. The van der Waals surface area contributed by atoms with Gasteiger partial charge in [0.2, 0.25) is 6.10 Å². The fourth-order valence-corrected chi connectivity index (χ4v) is 1.79. The molecule has 14 heavy (non-hydrogen) atoms. The molecule has 1 aromatic rings. The average molecular weight is 192 g/mol. The van der Waals surface area contributed by atoms with Gasteiger partial charge < -0.3 is 9.84 Å².